The lowest BCUT2D eigenvalue weighted by atomic mass is 10.3. The summed E-state index contributed by atoms with van der Waals surface area (Å²) in [6.07, 6.45) is 2.36. The van der Waals surface area contributed by atoms with Gasteiger partial charge in [0, 0.05) is 13.0 Å². The van der Waals surface area contributed by atoms with E-state index in [1.165, 1.54) is 6.26 Å². The first-order valence-corrected chi connectivity index (χ1v) is 5.80. The number of halogens is 1. The van der Waals surface area contributed by atoms with Crippen molar-refractivity contribution in [1.82, 2.24) is 5.32 Å². The van der Waals surface area contributed by atoms with Crippen LogP contribution in [-0.4, -0.2) is 55.8 Å². The quantitative estimate of drug-likeness (QED) is 0.430. The number of nitrogens with zero attached hydrogens (tertiary/aromatic N) is 1. The van der Waals surface area contributed by atoms with Crippen molar-refractivity contribution >= 4 is 5.91 Å². The van der Waals surface area contributed by atoms with Crippen molar-refractivity contribution in [2.75, 3.05) is 40.3 Å². The molecule has 6 heteroatoms. The van der Waals surface area contributed by atoms with Crippen molar-refractivity contribution < 1.29 is 35.8 Å². The Hall–Kier alpha value is -0.850. The minimum atomic E-state index is -0.178. The number of rotatable bonds is 7. The Kier molecular flexibility index (Phi) is 7.90. The third-order valence-corrected chi connectivity index (χ3v) is 2.68. The molecule has 0 unspecified atom stereocenters. The summed E-state index contributed by atoms with van der Waals surface area (Å²) in [6.45, 7) is 2.45. The van der Waals surface area contributed by atoms with E-state index >= 15 is 0 Å². The first-order valence-electron chi connectivity index (χ1n) is 5.80. The summed E-state index contributed by atoms with van der Waals surface area (Å²) >= 11 is 0. The van der Waals surface area contributed by atoms with Crippen LogP contribution in [0, 0.1) is 0 Å². The zero-order chi connectivity index (χ0) is 12.7. The van der Waals surface area contributed by atoms with Crippen LogP contribution < -0.4 is 22.3 Å². The molecule has 0 saturated heterocycles. The van der Waals surface area contributed by atoms with Crippen molar-refractivity contribution in [3.8, 4) is 0 Å². The molecule has 1 heterocycles. The van der Waals surface area contributed by atoms with Gasteiger partial charge >= 0.3 is 0 Å². The van der Waals surface area contributed by atoms with Gasteiger partial charge in [0.2, 0.25) is 0 Å². The fourth-order valence-electron chi connectivity index (χ4n) is 1.59. The molecule has 1 amide bonds. The molecule has 0 spiro atoms. The van der Waals surface area contributed by atoms with Crippen LogP contribution >= 0.6 is 0 Å². The highest BCUT2D eigenvalue weighted by molar-refractivity contribution is 5.91. The van der Waals surface area contributed by atoms with Crippen LogP contribution in [0.25, 0.3) is 0 Å². The van der Waals surface area contributed by atoms with Crippen molar-refractivity contribution in [3.05, 3.63) is 24.2 Å². The summed E-state index contributed by atoms with van der Waals surface area (Å²) in [4.78, 5) is 11.5. The molecular weight excluding hydrogens is 300 g/mol. The van der Waals surface area contributed by atoms with Crippen LogP contribution in [-0.2, 0) is 0 Å². The summed E-state index contributed by atoms with van der Waals surface area (Å²) < 4.78 is 5.74. The standard InChI is InChI=1S/C12H20N2O3.BrH/c1-14(2,8-9-15)7-4-6-13-12(16)11-5-3-10-17-11;/h3,5,10,15H,4,6-9H2,1-2H3;1H. The molecule has 1 aromatic heterocycles. The molecule has 0 bridgehead atoms. The number of aliphatic hydroxyl groups is 1. The van der Waals surface area contributed by atoms with E-state index in [1.807, 2.05) is 0 Å². The Morgan fingerprint density at radius 1 is 1.44 bits per heavy atom. The average Bonchev–Trinajstić information content (AvgIpc) is 2.77. The number of carbonyl (C=O) groups excluding carboxylic acids is 1. The zero-order valence-electron chi connectivity index (χ0n) is 10.9. The Balaban J connectivity index is 0.00000289. The first kappa shape index (κ1) is 17.2. The second-order valence-corrected chi connectivity index (χ2v) is 4.69. The second kappa shape index (κ2) is 8.29. The summed E-state index contributed by atoms with van der Waals surface area (Å²) in [7, 11) is 4.12. The molecule has 0 fully saturated rings. The molecule has 104 valence electrons. The maximum Gasteiger partial charge on any atom is 0.286 e. The van der Waals surface area contributed by atoms with Crippen LogP contribution in [0.3, 0.4) is 0 Å². The average molecular weight is 321 g/mol. The highest BCUT2D eigenvalue weighted by atomic mass is 79.9. The van der Waals surface area contributed by atoms with E-state index in [0.29, 0.717) is 12.3 Å². The molecule has 0 saturated carbocycles. The van der Waals surface area contributed by atoms with Crippen molar-refractivity contribution in [1.29, 1.82) is 0 Å². The number of nitrogens with one attached hydrogen (secondary N) is 1. The zero-order valence-corrected chi connectivity index (χ0v) is 12.4. The van der Waals surface area contributed by atoms with E-state index in [1.54, 1.807) is 12.1 Å². The first-order chi connectivity index (χ1) is 8.05. The van der Waals surface area contributed by atoms with Crippen LogP contribution in [0.5, 0.6) is 0 Å². The van der Waals surface area contributed by atoms with E-state index in [4.69, 9.17) is 9.52 Å². The smallest absolute Gasteiger partial charge is 0.286 e. The Labute approximate surface area is 118 Å². The molecule has 0 aliphatic heterocycles. The van der Waals surface area contributed by atoms with Crippen LogP contribution in [0.4, 0.5) is 0 Å². The van der Waals surface area contributed by atoms with Crippen LogP contribution in [0.2, 0.25) is 0 Å². The molecule has 0 aliphatic carbocycles. The molecule has 0 radical (unpaired) electrons. The van der Waals surface area contributed by atoms with E-state index in [0.717, 1.165) is 24.0 Å². The van der Waals surface area contributed by atoms with Gasteiger partial charge in [0.05, 0.1) is 33.5 Å². The number of quaternary nitrogens is 1. The fraction of sp³-hybridized carbons (Fsp3) is 0.583. The van der Waals surface area contributed by atoms with Crippen LogP contribution in [0.15, 0.2) is 22.8 Å². The lowest BCUT2D eigenvalue weighted by Gasteiger charge is -2.28. The van der Waals surface area contributed by atoms with Gasteiger partial charge in [-0.3, -0.25) is 4.79 Å². The molecule has 18 heavy (non-hydrogen) atoms. The largest absolute Gasteiger partial charge is 1.00 e. The topological polar surface area (TPSA) is 62.5 Å². The van der Waals surface area contributed by atoms with Crippen molar-refractivity contribution in [2.24, 2.45) is 0 Å². The Morgan fingerprint density at radius 2 is 2.17 bits per heavy atom. The molecular formula is C12H21BrN2O3. The summed E-state index contributed by atoms with van der Waals surface area (Å²) in [5.41, 5.74) is 0. The molecule has 1 aromatic rings. The predicted molar refractivity (Wildman–Crippen MR) is 64.6 cm³/mol. The number of hydrogen-bond donors (Lipinski definition) is 2. The molecule has 0 atom stereocenters. The van der Waals surface area contributed by atoms with Crippen molar-refractivity contribution in [2.45, 2.75) is 6.42 Å². The lowest BCUT2D eigenvalue weighted by molar-refractivity contribution is -0.890. The Bertz CT molecular complexity index is 339. The molecule has 2 N–H and O–H groups in total. The fourth-order valence-corrected chi connectivity index (χ4v) is 1.59. The number of hydrogen-bond acceptors (Lipinski definition) is 3. The van der Waals surface area contributed by atoms with Gasteiger partial charge in [-0.15, -0.1) is 0 Å². The summed E-state index contributed by atoms with van der Waals surface area (Å²) in [6, 6.07) is 3.33. The molecule has 1 rings (SSSR count). The summed E-state index contributed by atoms with van der Waals surface area (Å²) in [5.74, 6) is 0.163. The molecule has 0 aromatic carbocycles. The number of amides is 1. The normalized spacial score (nSPS) is 10.8. The van der Waals surface area contributed by atoms with E-state index in [2.05, 4.69) is 19.4 Å². The third kappa shape index (κ3) is 6.18. The predicted octanol–water partition coefficient (Wildman–Crippen LogP) is -2.53. The number of aliphatic hydroxyl groups excluding tert-OH is 1. The van der Waals surface area contributed by atoms with E-state index < -0.39 is 0 Å². The van der Waals surface area contributed by atoms with E-state index in [9.17, 15) is 4.79 Å². The number of carbonyl (C=O) groups is 1. The van der Waals surface area contributed by atoms with Gasteiger partial charge in [0.1, 0.15) is 6.54 Å². The van der Waals surface area contributed by atoms with Gasteiger partial charge in [0.15, 0.2) is 5.76 Å². The highest BCUT2D eigenvalue weighted by Crippen LogP contribution is 2.00. The van der Waals surface area contributed by atoms with Gasteiger partial charge < -0.3 is 36.3 Å². The molecule has 5 nitrogen and oxygen atoms in total. The van der Waals surface area contributed by atoms with Crippen molar-refractivity contribution in [3.63, 3.8) is 0 Å². The summed E-state index contributed by atoms with van der Waals surface area (Å²) in [5, 5.41) is 11.7. The molecule has 0 aliphatic rings. The van der Waals surface area contributed by atoms with Gasteiger partial charge in [0.25, 0.3) is 5.91 Å². The minimum Gasteiger partial charge on any atom is -1.00 e. The highest BCUT2D eigenvalue weighted by Gasteiger charge is 2.14. The van der Waals surface area contributed by atoms with E-state index in [-0.39, 0.29) is 29.5 Å². The van der Waals surface area contributed by atoms with Gasteiger partial charge in [-0.05, 0) is 12.1 Å². The SMILES string of the molecule is C[N+](C)(CCO)CCCNC(=O)c1ccco1.[Br-]. The van der Waals surface area contributed by atoms with Gasteiger partial charge in [-0.25, -0.2) is 0 Å². The van der Waals surface area contributed by atoms with Gasteiger partial charge in [-0.1, -0.05) is 0 Å². The maximum absolute atomic E-state index is 11.5. The monoisotopic (exact) mass is 320 g/mol. The van der Waals surface area contributed by atoms with Crippen LogP contribution in [0.1, 0.15) is 17.0 Å². The third-order valence-electron chi connectivity index (χ3n) is 2.68. The van der Waals surface area contributed by atoms with Gasteiger partial charge in [-0.2, -0.15) is 0 Å². The minimum absolute atomic E-state index is 0. The Morgan fingerprint density at radius 3 is 2.72 bits per heavy atom. The second-order valence-electron chi connectivity index (χ2n) is 4.69. The maximum atomic E-state index is 11.5. The number of likely N-dealkylation sites (N-methyl/N-ethyl adjacent to an activating group) is 1. The lowest BCUT2D eigenvalue weighted by Crippen LogP contribution is -3.00. The number of furan rings is 1.